The lowest BCUT2D eigenvalue weighted by Crippen LogP contribution is -2.56. The van der Waals surface area contributed by atoms with Gasteiger partial charge in [0.05, 0.1) is 0 Å². The molecule has 2 aromatic rings. The second-order valence-corrected chi connectivity index (χ2v) is 6.54. The molecule has 2 nitrogen and oxygen atoms in total. The topological polar surface area (TPSA) is 52.0 Å². The normalized spacial score (nSPS) is 14.0. The molecule has 0 aliphatic carbocycles. The molecule has 2 heteroatoms. The molecule has 0 aliphatic rings. The predicted molar refractivity (Wildman–Crippen MR) is 90.2 cm³/mol. The van der Waals surface area contributed by atoms with Crippen molar-refractivity contribution in [3.63, 3.8) is 0 Å². The van der Waals surface area contributed by atoms with E-state index in [-0.39, 0.29) is 11.5 Å². The molecule has 1 atom stereocenters. The van der Waals surface area contributed by atoms with E-state index in [0.717, 1.165) is 6.42 Å². The highest BCUT2D eigenvalue weighted by atomic mass is 14.8. The third-order valence-electron chi connectivity index (χ3n) is 4.26. The zero-order valence-electron chi connectivity index (χ0n) is 13.2. The van der Waals surface area contributed by atoms with Gasteiger partial charge < -0.3 is 11.5 Å². The Bertz CT molecular complexity index is 514. The van der Waals surface area contributed by atoms with E-state index in [4.69, 9.17) is 11.5 Å². The van der Waals surface area contributed by atoms with Crippen LogP contribution in [0.15, 0.2) is 60.7 Å². The summed E-state index contributed by atoms with van der Waals surface area (Å²) in [5.41, 5.74) is 14.6. The van der Waals surface area contributed by atoms with Gasteiger partial charge in [-0.3, -0.25) is 0 Å². The van der Waals surface area contributed by atoms with E-state index in [1.807, 2.05) is 19.1 Å². The van der Waals surface area contributed by atoms with Gasteiger partial charge in [-0.25, -0.2) is 0 Å². The molecule has 112 valence electrons. The first-order valence-electron chi connectivity index (χ1n) is 7.53. The first kappa shape index (κ1) is 15.7. The van der Waals surface area contributed by atoms with E-state index < -0.39 is 5.54 Å². The van der Waals surface area contributed by atoms with Gasteiger partial charge in [-0.15, -0.1) is 0 Å². The number of nitrogens with two attached hydrogens (primary N) is 2. The Morgan fingerprint density at radius 1 is 0.857 bits per heavy atom. The van der Waals surface area contributed by atoms with Crippen LogP contribution in [0.5, 0.6) is 0 Å². The summed E-state index contributed by atoms with van der Waals surface area (Å²) in [6.45, 7) is 6.23. The summed E-state index contributed by atoms with van der Waals surface area (Å²) in [6, 6.07) is 21.0. The second-order valence-electron chi connectivity index (χ2n) is 6.54. The smallest absolute Gasteiger partial charge is 0.0391 e. The van der Waals surface area contributed by atoms with Gasteiger partial charge in [-0.2, -0.15) is 0 Å². The standard InChI is InChI=1S/C19H26N2/c1-15(20)14-19(18(2,3)21,16-10-6-4-7-11-16)17-12-8-5-9-13-17/h4-13,15H,14,20-21H2,1-3H3. The van der Waals surface area contributed by atoms with Crippen molar-refractivity contribution in [1.29, 1.82) is 0 Å². The zero-order valence-corrected chi connectivity index (χ0v) is 13.2. The molecule has 0 bridgehead atoms. The third-order valence-corrected chi connectivity index (χ3v) is 4.26. The lowest BCUT2D eigenvalue weighted by molar-refractivity contribution is 0.273. The van der Waals surface area contributed by atoms with E-state index >= 15 is 0 Å². The molecule has 4 N–H and O–H groups in total. The Hall–Kier alpha value is -1.64. The molecular weight excluding hydrogens is 256 g/mol. The minimum Gasteiger partial charge on any atom is -0.328 e. The molecule has 0 aromatic heterocycles. The maximum Gasteiger partial charge on any atom is 0.0391 e. The summed E-state index contributed by atoms with van der Waals surface area (Å²) in [6.07, 6.45) is 0.810. The van der Waals surface area contributed by atoms with E-state index in [1.54, 1.807) is 0 Å². The molecule has 0 aliphatic heterocycles. The molecule has 0 heterocycles. The van der Waals surface area contributed by atoms with E-state index in [1.165, 1.54) is 11.1 Å². The van der Waals surface area contributed by atoms with Crippen molar-refractivity contribution >= 4 is 0 Å². The van der Waals surface area contributed by atoms with Crippen LogP contribution in [0.4, 0.5) is 0 Å². The first-order valence-corrected chi connectivity index (χ1v) is 7.53. The van der Waals surface area contributed by atoms with Crippen molar-refractivity contribution in [2.75, 3.05) is 0 Å². The molecule has 0 fully saturated rings. The van der Waals surface area contributed by atoms with Crippen LogP contribution in [0.25, 0.3) is 0 Å². The quantitative estimate of drug-likeness (QED) is 0.882. The Labute approximate surface area is 128 Å². The van der Waals surface area contributed by atoms with Crippen LogP contribution >= 0.6 is 0 Å². The number of rotatable bonds is 5. The van der Waals surface area contributed by atoms with Crippen molar-refractivity contribution < 1.29 is 0 Å². The predicted octanol–water partition coefficient (Wildman–Crippen LogP) is 3.45. The summed E-state index contributed by atoms with van der Waals surface area (Å²) in [7, 11) is 0. The lowest BCUT2D eigenvalue weighted by Gasteiger charge is -2.47. The van der Waals surface area contributed by atoms with Crippen LogP contribution in [0.2, 0.25) is 0 Å². The summed E-state index contributed by atoms with van der Waals surface area (Å²) >= 11 is 0. The van der Waals surface area contributed by atoms with Crippen LogP contribution < -0.4 is 11.5 Å². The van der Waals surface area contributed by atoms with E-state index in [0.29, 0.717) is 0 Å². The van der Waals surface area contributed by atoms with Crippen molar-refractivity contribution in [2.45, 2.75) is 44.2 Å². The van der Waals surface area contributed by atoms with Crippen LogP contribution in [-0.4, -0.2) is 11.6 Å². The number of benzene rings is 2. The van der Waals surface area contributed by atoms with Gasteiger partial charge in [-0.1, -0.05) is 60.7 Å². The van der Waals surface area contributed by atoms with Crippen molar-refractivity contribution in [2.24, 2.45) is 11.5 Å². The van der Waals surface area contributed by atoms with Gasteiger partial charge in [-0.05, 0) is 38.3 Å². The highest BCUT2D eigenvalue weighted by Crippen LogP contribution is 2.44. The molecule has 0 amide bonds. The second kappa shape index (κ2) is 6.00. The summed E-state index contributed by atoms with van der Waals surface area (Å²) < 4.78 is 0. The van der Waals surface area contributed by atoms with Crippen LogP contribution in [0, 0.1) is 0 Å². The Balaban J connectivity index is 2.72. The SMILES string of the molecule is CC(N)CC(c1ccccc1)(c1ccccc1)C(C)(C)N. The van der Waals surface area contributed by atoms with Crippen molar-refractivity contribution in [3.05, 3.63) is 71.8 Å². The lowest BCUT2D eigenvalue weighted by atomic mass is 9.60. The molecule has 0 saturated carbocycles. The Morgan fingerprint density at radius 3 is 1.52 bits per heavy atom. The van der Waals surface area contributed by atoms with Crippen molar-refractivity contribution in [1.82, 2.24) is 0 Å². The highest BCUT2D eigenvalue weighted by Gasteiger charge is 2.45. The number of hydrogen-bond acceptors (Lipinski definition) is 2. The molecule has 1 unspecified atom stereocenters. The monoisotopic (exact) mass is 282 g/mol. The maximum atomic E-state index is 6.67. The molecule has 0 saturated heterocycles. The first-order chi connectivity index (χ1) is 9.88. The fourth-order valence-electron chi connectivity index (χ4n) is 3.34. The average molecular weight is 282 g/mol. The Kier molecular flexibility index (Phi) is 4.50. The summed E-state index contributed by atoms with van der Waals surface area (Å²) in [5, 5.41) is 0. The molecule has 21 heavy (non-hydrogen) atoms. The van der Waals surface area contributed by atoms with Gasteiger partial charge in [0.2, 0.25) is 0 Å². The van der Waals surface area contributed by atoms with Crippen LogP contribution in [0.3, 0.4) is 0 Å². The van der Waals surface area contributed by atoms with Gasteiger partial charge in [0.25, 0.3) is 0 Å². The summed E-state index contributed by atoms with van der Waals surface area (Å²) in [5.74, 6) is 0. The minimum atomic E-state index is -0.427. The maximum absolute atomic E-state index is 6.67. The largest absolute Gasteiger partial charge is 0.328 e. The molecule has 2 rings (SSSR count). The number of hydrogen-bond donors (Lipinski definition) is 2. The van der Waals surface area contributed by atoms with Gasteiger partial charge in [0, 0.05) is 17.0 Å². The third kappa shape index (κ3) is 3.02. The Morgan fingerprint density at radius 2 is 1.24 bits per heavy atom. The van der Waals surface area contributed by atoms with E-state index in [9.17, 15) is 0 Å². The zero-order chi connectivity index (χ0) is 15.5. The fraction of sp³-hybridized carbons (Fsp3) is 0.368. The fourth-order valence-corrected chi connectivity index (χ4v) is 3.34. The van der Waals surface area contributed by atoms with Crippen molar-refractivity contribution in [3.8, 4) is 0 Å². The van der Waals surface area contributed by atoms with Crippen LogP contribution in [-0.2, 0) is 5.41 Å². The van der Waals surface area contributed by atoms with Gasteiger partial charge in [0.15, 0.2) is 0 Å². The van der Waals surface area contributed by atoms with E-state index in [2.05, 4.69) is 62.4 Å². The average Bonchev–Trinajstić information content (AvgIpc) is 2.45. The molecule has 0 spiro atoms. The molecule has 0 radical (unpaired) electrons. The molecule has 2 aromatic carbocycles. The minimum absolute atomic E-state index is 0.0632. The van der Waals surface area contributed by atoms with Gasteiger partial charge in [0.1, 0.15) is 0 Å². The highest BCUT2D eigenvalue weighted by molar-refractivity contribution is 5.43. The van der Waals surface area contributed by atoms with Gasteiger partial charge >= 0.3 is 0 Å². The molecular formula is C19H26N2. The van der Waals surface area contributed by atoms with Crippen LogP contribution in [0.1, 0.15) is 38.3 Å². The summed E-state index contributed by atoms with van der Waals surface area (Å²) in [4.78, 5) is 0.